The summed E-state index contributed by atoms with van der Waals surface area (Å²) in [6.45, 7) is 18.8. The number of hydrogen-bond acceptors (Lipinski definition) is 1. The summed E-state index contributed by atoms with van der Waals surface area (Å²) in [5.74, 6) is 0.380. The smallest absolute Gasteiger partial charge is 0.0379 e. The van der Waals surface area contributed by atoms with Crippen molar-refractivity contribution < 1.29 is 0 Å². The van der Waals surface area contributed by atoms with E-state index >= 15 is 0 Å². The molecular formula is C20H29N. The molecule has 1 aromatic carbocycles. The van der Waals surface area contributed by atoms with Gasteiger partial charge in [-0.2, -0.15) is 0 Å². The van der Waals surface area contributed by atoms with Crippen LogP contribution in [0.5, 0.6) is 0 Å². The maximum atomic E-state index is 4.19. The normalized spacial score (nSPS) is 14.9. The fraction of sp³-hybridized carbons (Fsp3) is 0.400. The summed E-state index contributed by atoms with van der Waals surface area (Å²) in [6.07, 6.45) is 4.12. The van der Waals surface area contributed by atoms with Crippen molar-refractivity contribution in [2.75, 3.05) is 12.4 Å². The van der Waals surface area contributed by atoms with Crippen molar-refractivity contribution in [1.82, 2.24) is 0 Å². The quantitative estimate of drug-likeness (QED) is 0.475. The van der Waals surface area contributed by atoms with Gasteiger partial charge in [0.05, 0.1) is 0 Å². The highest BCUT2D eigenvalue weighted by molar-refractivity contribution is 5.56. The molecule has 0 spiro atoms. The van der Waals surface area contributed by atoms with Gasteiger partial charge in [-0.15, -0.1) is 6.58 Å². The molecule has 0 amide bonds. The van der Waals surface area contributed by atoms with Crippen molar-refractivity contribution in [2.45, 2.75) is 39.0 Å². The fourth-order valence-electron chi connectivity index (χ4n) is 3.01. The standard InChI is InChI=1S/C20H29N/c1-8-20(9-2,14-16(5)17(6)15(3)4)18-12-10-11-13-19(18)21-7/h8,10-13,16,21H,1,3,6,9,14H2,2,4-5,7H3. The van der Waals surface area contributed by atoms with Crippen molar-refractivity contribution in [3.63, 3.8) is 0 Å². The van der Waals surface area contributed by atoms with Gasteiger partial charge in [-0.3, -0.25) is 0 Å². The van der Waals surface area contributed by atoms with Crippen LogP contribution in [0.25, 0.3) is 0 Å². The van der Waals surface area contributed by atoms with Crippen LogP contribution in [-0.4, -0.2) is 7.05 Å². The molecule has 0 fully saturated rings. The Morgan fingerprint density at radius 3 is 2.43 bits per heavy atom. The third-order valence-electron chi connectivity index (χ3n) is 4.57. The molecule has 1 aromatic rings. The lowest BCUT2D eigenvalue weighted by atomic mass is 9.70. The second kappa shape index (κ2) is 7.31. The zero-order chi connectivity index (χ0) is 16.0. The van der Waals surface area contributed by atoms with Crippen LogP contribution in [0.1, 0.15) is 39.2 Å². The fourth-order valence-corrected chi connectivity index (χ4v) is 3.01. The highest BCUT2D eigenvalue weighted by Crippen LogP contribution is 2.41. The first-order chi connectivity index (χ1) is 9.91. The molecule has 0 heterocycles. The molecule has 1 N–H and O–H groups in total. The van der Waals surface area contributed by atoms with Gasteiger partial charge in [-0.25, -0.2) is 0 Å². The number of rotatable bonds is 8. The minimum Gasteiger partial charge on any atom is -0.388 e. The predicted molar refractivity (Wildman–Crippen MR) is 95.9 cm³/mol. The van der Waals surface area contributed by atoms with Gasteiger partial charge >= 0.3 is 0 Å². The van der Waals surface area contributed by atoms with Gasteiger partial charge in [0.25, 0.3) is 0 Å². The van der Waals surface area contributed by atoms with Crippen LogP contribution < -0.4 is 5.32 Å². The minimum absolute atomic E-state index is 0.0442. The van der Waals surface area contributed by atoms with E-state index in [4.69, 9.17) is 0 Å². The Kier molecular flexibility index (Phi) is 6.02. The van der Waals surface area contributed by atoms with Gasteiger partial charge in [-0.1, -0.05) is 56.9 Å². The molecule has 1 heteroatoms. The van der Waals surface area contributed by atoms with Gasteiger partial charge in [0.1, 0.15) is 0 Å². The van der Waals surface area contributed by atoms with Gasteiger partial charge in [-0.05, 0) is 42.9 Å². The van der Waals surface area contributed by atoms with Gasteiger partial charge in [0, 0.05) is 18.2 Å². The number of allylic oxidation sites excluding steroid dienone is 3. The van der Waals surface area contributed by atoms with Gasteiger partial charge < -0.3 is 5.32 Å². The van der Waals surface area contributed by atoms with E-state index in [0.717, 1.165) is 24.0 Å². The first kappa shape index (κ1) is 17.3. The maximum Gasteiger partial charge on any atom is 0.0379 e. The van der Waals surface area contributed by atoms with Crippen LogP contribution in [0, 0.1) is 5.92 Å². The molecule has 21 heavy (non-hydrogen) atoms. The first-order valence-corrected chi connectivity index (χ1v) is 7.67. The van der Waals surface area contributed by atoms with Crippen molar-refractivity contribution in [3.05, 3.63) is 66.8 Å². The van der Waals surface area contributed by atoms with E-state index in [1.165, 1.54) is 11.3 Å². The molecule has 0 aliphatic carbocycles. The largest absolute Gasteiger partial charge is 0.388 e. The molecule has 0 aliphatic rings. The topological polar surface area (TPSA) is 12.0 Å². The van der Waals surface area contributed by atoms with Gasteiger partial charge in [0.15, 0.2) is 0 Å². The highest BCUT2D eigenvalue weighted by atomic mass is 14.8. The van der Waals surface area contributed by atoms with E-state index in [0.29, 0.717) is 5.92 Å². The summed E-state index contributed by atoms with van der Waals surface area (Å²) in [5.41, 5.74) is 4.64. The lowest BCUT2D eigenvalue weighted by Gasteiger charge is -2.35. The highest BCUT2D eigenvalue weighted by Gasteiger charge is 2.31. The third kappa shape index (κ3) is 3.66. The summed E-state index contributed by atoms with van der Waals surface area (Å²) in [6, 6.07) is 8.49. The summed E-state index contributed by atoms with van der Waals surface area (Å²) in [4.78, 5) is 0. The molecule has 0 saturated heterocycles. The molecule has 114 valence electrons. The zero-order valence-corrected chi connectivity index (χ0v) is 14.0. The molecule has 0 aliphatic heterocycles. The van der Waals surface area contributed by atoms with E-state index in [1.54, 1.807) is 0 Å². The van der Waals surface area contributed by atoms with E-state index in [-0.39, 0.29) is 5.41 Å². The molecule has 2 atom stereocenters. The number of anilines is 1. The number of nitrogens with one attached hydrogen (secondary N) is 1. The Bertz CT molecular complexity index is 526. The average Bonchev–Trinajstić information content (AvgIpc) is 2.51. The summed E-state index contributed by atoms with van der Waals surface area (Å²) < 4.78 is 0. The molecule has 1 rings (SSSR count). The monoisotopic (exact) mass is 283 g/mol. The maximum absolute atomic E-state index is 4.19. The summed E-state index contributed by atoms with van der Waals surface area (Å²) in [5, 5.41) is 3.31. The third-order valence-corrected chi connectivity index (χ3v) is 4.57. The van der Waals surface area contributed by atoms with Crippen LogP contribution in [0.15, 0.2) is 61.2 Å². The lowest BCUT2D eigenvalue weighted by Crippen LogP contribution is -2.27. The van der Waals surface area contributed by atoms with Crippen molar-refractivity contribution in [2.24, 2.45) is 5.92 Å². The molecule has 0 aromatic heterocycles. The Labute approximate surface area is 130 Å². The predicted octanol–water partition coefficient (Wildman–Crippen LogP) is 5.72. The van der Waals surface area contributed by atoms with Crippen LogP contribution >= 0.6 is 0 Å². The minimum atomic E-state index is -0.0442. The summed E-state index contributed by atoms with van der Waals surface area (Å²) in [7, 11) is 1.97. The van der Waals surface area contributed by atoms with E-state index < -0.39 is 0 Å². The SMILES string of the molecule is C=CC(CC)(CC(C)C(=C)C(=C)C)c1ccccc1NC. The van der Waals surface area contributed by atoms with Crippen molar-refractivity contribution in [3.8, 4) is 0 Å². The van der Waals surface area contributed by atoms with Crippen LogP contribution in [0.2, 0.25) is 0 Å². The Balaban J connectivity index is 3.23. The van der Waals surface area contributed by atoms with E-state index in [2.05, 4.69) is 69.2 Å². The zero-order valence-electron chi connectivity index (χ0n) is 14.0. The molecule has 0 bridgehead atoms. The Hall–Kier alpha value is -1.76. The van der Waals surface area contributed by atoms with Crippen molar-refractivity contribution in [1.29, 1.82) is 0 Å². The Morgan fingerprint density at radius 1 is 1.33 bits per heavy atom. The van der Waals surface area contributed by atoms with Gasteiger partial charge in [0.2, 0.25) is 0 Å². The van der Waals surface area contributed by atoms with E-state index in [1.807, 2.05) is 14.0 Å². The van der Waals surface area contributed by atoms with Crippen LogP contribution in [0.4, 0.5) is 5.69 Å². The summed E-state index contributed by atoms with van der Waals surface area (Å²) >= 11 is 0. The van der Waals surface area contributed by atoms with Crippen LogP contribution in [-0.2, 0) is 5.41 Å². The molecule has 0 radical (unpaired) electrons. The Morgan fingerprint density at radius 2 is 1.95 bits per heavy atom. The second-order valence-corrected chi connectivity index (χ2v) is 5.92. The number of para-hydroxylation sites is 1. The molecule has 1 nitrogen and oxygen atoms in total. The number of benzene rings is 1. The molecular weight excluding hydrogens is 254 g/mol. The average molecular weight is 283 g/mol. The van der Waals surface area contributed by atoms with Crippen LogP contribution in [0.3, 0.4) is 0 Å². The lowest BCUT2D eigenvalue weighted by molar-refractivity contribution is 0.414. The first-order valence-electron chi connectivity index (χ1n) is 7.67. The molecule has 0 saturated carbocycles. The molecule has 2 unspecified atom stereocenters. The van der Waals surface area contributed by atoms with Crippen molar-refractivity contribution >= 4 is 5.69 Å². The number of hydrogen-bond donors (Lipinski definition) is 1. The second-order valence-electron chi connectivity index (χ2n) is 5.92. The van der Waals surface area contributed by atoms with E-state index in [9.17, 15) is 0 Å².